The largest absolute Gasteiger partial charge is 0.314 e. The Kier molecular flexibility index (Phi) is 4.52. The molecule has 0 aromatic heterocycles. The highest BCUT2D eigenvalue weighted by Crippen LogP contribution is 2.85. The van der Waals surface area contributed by atoms with E-state index in [0.717, 1.165) is 46.8 Å². The smallest absolute Gasteiger partial charge is 0.00759 e. The van der Waals surface area contributed by atoms with Crippen LogP contribution in [-0.2, 0) is 0 Å². The van der Waals surface area contributed by atoms with Gasteiger partial charge >= 0.3 is 0 Å². The van der Waals surface area contributed by atoms with Gasteiger partial charge in [0, 0.05) is 6.04 Å². The fourth-order valence-corrected chi connectivity index (χ4v) is 9.11. The quantitative estimate of drug-likeness (QED) is 0.468. The van der Waals surface area contributed by atoms with Crippen molar-refractivity contribution < 1.29 is 0 Å². The van der Waals surface area contributed by atoms with Crippen molar-refractivity contribution in [3.63, 3.8) is 0 Å². The lowest BCUT2D eigenvalue weighted by atomic mass is 9.91. The van der Waals surface area contributed by atoms with E-state index in [1.54, 1.807) is 37.7 Å². The lowest BCUT2D eigenvalue weighted by Crippen LogP contribution is -2.28. The van der Waals surface area contributed by atoms with Gasteiger partial charge in [0.25, 0.3) is 0 Å². The summed E-state index contributed by atoms with van der Waals surface area (Å²) in [6.45, 7) is 6.10. The molecule has 1 heteroatoms. The van der Waals surface area contributed by atoms with E-state index in [2.05, 4.69) is 25.2 Å². The third kappa shape index (κ3) is 3.05. The Bertz CT molecular complexity index is 636. The molecule has 0 heterocycles. The van der Waals surface area contributed by atoms with Crippen molar-refractivity contribution in [2.75, 3.05) is 6.54 Å². The van der Waals surface area contributed by atoms with E-state index in [0.29, 0.717) is 6.04 Å². The third-order valence-electron chi connectivity index (χ3n) is 10.6. The van der Waals surface area contributed by atoms with Gasteiger partial charge < -0.3 is 5.32 Å². The maximum atomic E-state index is 3.94. The number of rotatable bonds is 8. The number of hydrogen-bond acceptors (Lipinski definition) is 1. The molecule has 10 atom stereocenters. The first-order chi connectivity index (χ1) is 13.7. The normalized spacial score (nSPS) is 51.1. The zero-order valence-corrected chi connectivity index (χ0v) is 18.5. The molecule has 5 saturated carbocycles. The molecule has 0 amide bonds. The second-order valence-electron chi connectivity index (χ2n) is 12.1. The number of hydrogen-bond donors (Lipinski definition) is 1. The molecular formula is C27H43N. The number of nitrogens with one attached hydrogen (secondary N) is 1. The van der Waals surface area contributed by atoms with Gasteiger partial charge in [-0.1, -0.05) is 37.8 Å². The van der Waals surface area contributed by atoms with Crippen LogP contribution in [0.5, 0.6) is 0 Å². The average molecular weight is 382 g/mol. The van der Waals surface area contributed by atoms with Gasteiger partial charge in [0.2, 0.25) is 0 Å². The van der Waals surface area contributed by atoms with E-state index < -0.39 is 0 Å². The van der Waals surface area contributed by atoms with Crippen LogP contribution in [0, 0.1) is 52.8 Å². The van der Waals surface area contributed by atoms with E-state index in [9.17, 15) is 0 Å². The van der Waals surface area contributed by atoms with Gasteiger partial charge in [-0.15, -0.1) is 0 Å². The molecule has 0 aromatic rings. The Labute approximate surface area is 173 Å². The first kappa shape index (κ1) is 18.5. The van der Waals surface area contributed by atoms with E-state index >= 15 is 0 Å². The Balaban J connectivity index is 0.960. The summed E-state index contributed by atoms with van der Waals surface area (Å²) in [6.07, 6.45) is 20.7. The van der Waals surface area contributed by atoms with Crippen molar-refractivity contribution in [1.29, 1.82) is 0 Å². The SMILES string of the molecule is CCCC1CCC(CC(C)NCCC2C3CC4CCC(C4)C4CC423)=CC2CC21. The van der Waals surface area contributed by atoms with Crippen LogP contribution in [0.25, 0.3) is 0 Å². The van der Waals surface area contributed by atoms with Gasteiger partial charge in [-0.3, -0.25) is 0 Å². The highest BCUT2D eigenvalue weighted by molar-refractivity contribution is 5.27. The monoisotopic (exact) mass is 381 g/mol. The topological polar surface area (TPSA) is 12.0 Å². The van der Waals surface area contributed by atoms with Crippen molar-refractivity contribution >= 4 is 0 Å². The maximum absolute atomic E-state index is 3.94. The average Bonchev–Trinajstić information content (AvgIpc) is 3.59. The van der Waals surface area contributed by atoms with Crippen molar-refractivity contribution in [3.05, 3.63) is 11.6 Å². The zero-order valence-electron chi connectivity index (χ0n) is 18.5. The van der Waals surface area contributed by atoms with Crippen LogP contribution >= 0.6 is 0 Å². The molecule has 0 radical (unpaired) electrons. The molecule has 5 fully saturated rings. The Morgan fingerprint density at radius 3 is 2.93 bits per heavy atom. The van der Waals surface area contributed by atoms with Crippen LogP contribution in [0.2, 0.25) is 0 Å². The van der Waals surface area contributed by atoms with Crippen LogP contribution in [0.3, 0.4) is 0 Å². The van der Waals surface area contributed by atoms with E-state index in [-0.39, 0.29) is 0 Å². The molecule has 10 unspecified atom stereocenters. The second-order valence-corrected chi connectivity index (χ2v) is 12.1. The summed E-state index contributed by atoms with van der Waals surface area (Å²) in [6, 6.07) is 0.679. The van der Waals surface area contributed by atoms with Gasteiger partial charge in [0.05, 0.1) is 0 Å². The first-order valence-electron chi connectivity index (χ1n) is 13.1. The second kappa shape index (κ2) is 6.86. The summed E-state index contributed by atoms with van der Waals surface area (Å²) >= 11 is 0. The standard InChI is InChI=1S/C27H43N/c1-3-4-20-7-5-18(13-22-15-23(20)22)11-17(2)28-10-9-24-25-14-19-6-8-21(12-19)26-16-27(24,25)26/h13,17,19-26,28H,3-12,14-16H2,1-2H3. The highest BCUT2D eigenvalue weighted by atomic mass is 14.9. The molecule has 6 aliphatic carbocycles. The minimum Gasteiger partial charge on any atom is -0.314 e. The molecule has 6 aliphatic rings. The van der Waals surface area contributed by atoms with Gasteiger partial charge in [-0.05, 0) is 124 Å². The lowest BCUT2D eigenvalue weighted by molar-refractivity contribution is 0.388. The van der Waals surface area contributed by atoms with E-state index in [1.807, 2.05) is 0 Å². The predicted molar refractivity (Wildman–Crippen MR) is 117 cm³/mol. The molecule has 156 valence electrons. The molecule has 1 spiro atoms. The minimum absolute atomic E-state index is 0.679. The van der Waals surface area contributed by atoms with E-state index in [4.69, 9.17) is 0 Å². The molecule has 28 heavy (non-hydrogen) atoms. The molecule has 2 bridgehead atoms. The van der Waals surface area contributed by atoms with Gasteiger partial charge in [-0.2, -0.15) is 0 Å². The molecule has 6 rings (SSSR count). The zero-order chi connectivity index (χ0) is 18.9. The molecule has 0 aliphatic heterocycles. The fraction of sp³-hybridized carbons (Fsp3) is 0.926. The van der Waals surface area contributed by atoms with Gasteiger partial charge in [0.15, 0.2) is 0 Å². The molecule has 0 saturated heterocycles. The van der Waals surface area contributed by atoms with E-state index in [1.165, 1.54) is 57.4 Å². The van der Waals surface area contributed by atoms with Crippen LogP contribution in [-0.4, -0.2) is 12.6 Å². The van der Waals surface area contributed by atoms with Crippen molar-refractivity contribution in [3.8, 4) is 0 Å². The van der Waals surface area contributed by atoms with Crippen LogP contribution in [0.4, 0.5) is 0 Å². The fourth-order valence-electron chi connectivity index (χ4n) is 9.11. The summed E-state index contributed by atoms with van der Waals surface area (Å²) in [4.78, 5) is 0. The molecule has 1 nitrogen and oxygen atoms in total. The molecule has 1 N–H and O–H groups in total. The summed E-state index contributed by atoms with van der Waals surface area (Å²) in [5.41, 5.74) is 2.68. The lowest BCUT2D eigenvalue weighted by Gasteiger charge is -2.18. The van der Waals surface area contributed by atoms with Gasteiger partial charge in [0.1, 0.15) is 0 Å². The third-order valence-corrected chi connectivity index (χ3v) is 10.6. The Morgan fingerprint density at radius 2 is 2.04 bits per heavy atom. The summed E-state index contributed by atoms with van der Waals surface area (Å²) in [7, 11) is 0. The molecular weight excluding hydrogens is 338 g/mol. The number of allylic oxidation sites excluding steroid dienone is 1. The summed E-state index contributed by atoms with van der Waals surface area (Å²) in [5.74, 6) is 8.77. The van der Waals surface area contributed by atoms with Crippen LogP contribution in [0.15, 0.2) is 11.6 Å². The summed E-state index contributed by atoms with van der Waals surface area (Å²) in [5, 5.41) is 3.94. The Hall–Kier alpha value is -0.300. The van der Waals surface area contributed by atoms with Crippen molar-refractivity contribution in [1.82, 2.24) is 5.32 Å². The van der Waals surface area contributed by atoms with Gasteiger partial charge in [-0.25, -0.2) is 0 Å². The van der Waals surface area contributed by atoms with Crippen molar-refractivity contribution in [2.24, 2.45) is 52.8 Å². The first-order valence-corrected chi connectivity index (χ1v) is 13.1. The Morgan fingerprint density at radius 1 is 1.11 bits per heavy atom. The van der Waals surface area contributed by atoms with Crippen LogP contribution in [0.1, 0.15) is 90.9 Å². The predicted octanol–water partition coefficient (Wildman–Crippen LogP) is 6.59. The summed E-state index contributed by atoms with van der Waals surface area (Å²) < 4.78 is 0. The highest BCUT2D eigenvalue weighted by Gasteiger charge is 2.79. The molecule has 0 aromatic carbocycles. The van der Waals surface area contributed by atoms with Crippen LogP contribution < -0.4 is 5.32 Å². The minimum atomic E-state index is 0.679. The number of fused-ring (bicyclic) bond motifs is 4. The maximum Gasteiger partial charge on any atom is 0.00759 e. The van der Waals surface area contributed by atoms with Crippen molar-refractivity contribution in [2.45, 2.75) is 96.9 Å².